The van der Waals surface area contributed by atoms with Crippen LogP contribution in [0, 0.1) is 0 Å². The lowest BCUT2D eigenvalue weighted by atomic mass is 10.2. The van der Waals surface area contributed by atoms with Crippen molar-refractivity contribution in [3.63, 3.8) is 0 Å². The largest absolute Gasteiger partial charge is 0.365 e. The number of amides is 1. The summed E-state index contributed by atoms with van der Waals surface area (Å²) in [6.45, 7) is 1.89. The zero-order chi connectivity index (χ0) is 17.6. The molecule has 0 bridgehead atoms. The summed E-state index contributed by atoms with van der Waals surface area (Å²) < 4.78 is 24.9. The van der Waals surface area contributed by atoms with E-state index < -0.39 is 9.84 Å². The minimum Gasteiger partial charge on any atom is -0.365 e. The molecule has 0 saturated carbocycles. The number of carbonyl (C=O) groups excluding carboxylic acids is 1. The van der Waals surface area contributed by atoms with E-state index in [1.165, 1.54) is 19.4 Å². The summed E-state index contributed by atoms with van der Waals surface area (Å²) in [4.78, 5) is 19.8. The third-order valence-corrected chi connectivity index (χ3v) is 5.31. The molecule has 0 fully saturated rings. The molecule has 24 heavy (non-hydrogen) atoms. The minimum atomic E-state index is -3.39. The van der Waals surface area contributed by atoms with Gasteiger partial charge in [-0.3, -0.25) is 4.79 Å². The van der Waals surface area contributed by atoms with Gasteiger partial charge < -0.3 is 10.6 Å². The normalized spacial score (nSPS) is 12.4. The second-order valence-electron chi connectivity index (χ2n) is 5.21. The van der Waals surface area contributed by atoms with Crippen LogP contribution >= 0.6 is 0 Å². The van der Waals surface area contributed by atoms with E-state index in [0.717, 1.165) is 0 Å². The Kier molecular flexibility index (Phi) is 5.86. The Hall–Kier alpha value is -2.48. The summed E-state index contributed by atoms with van der Waals surface area (Å²) in [5, 5.41) is 5.51. The third-order valence-electron chi connectivity index (χ3n) is 3.48. The first-order valence-electron chi connectivity index (χ1n) is 7.54. The lowest BCUT2D eigenvalue weighted by Crippen LogP contribution is -2.29. The van der Waals surface area contributed by atoms with Gasteiger partial charge in [-0.25, -0.2) is 18.4 Å². The quantitative estimate of drug-likeness (QED) is 0.786. The van der Waals surface area contributed by atoms with Crippen molar-refractivity contribution in [1.82, 2.24) is 15.3 Å². The zero-order valence-electron chi connectivity index (χ0n) is 13.6. The number of anilines is 1. The minimum absolute atomic E-state index is 0.0492. The number of hydrogen-bond donors (Lipinski definition) is 2. The monoisotopic (exact) mass is 348 g/mol. The molecule has 1 atom stereocenters. The number of sulfone groups is 1. The summed E-state index contributed by atoms with van der Waals surface area (Å²) >= 11 is 0. The molecule has 0 aliphatic rings. The second-order valence-corrected chi connectivity index (χ2v) is 7.24. The number of nitrogens with zero attached hydrogens (tertiary/aromatic N) is 2. The molecule has 1 aromatic heterocycles. The van der Waals surface area contributed by atoms with E-state index in [2.05, 4.69) is 20.6 Å². The Balaban J connectivity index is 2.08. The molecule has 0 aliphatic carbocycles. The van der Waals surface area contributed by atoms with Gasteiger partial charge in [0.15, 0.2) is 9.84 Å². The Bertz CT molecular complexity index is 777. The second kappa shape index (κ2) is 7.87. The molecule has 1 unspecified atom stereocenters. The highest BCUT2D eigenvalue weighted by molar-refractivity contribution is 7.91. The number of carbonyl (C=O) groups is 1. The van der Waals surface area contributed by atoms with Gasteiger partial charge >= 0.3 is 0 Å². The first kappa shape index (κ1) is 17.9. The third kappa shape index (κ3) is 4.51. The van der Waals surface area contributed by atoms with Gasteiger partial charge in [0, 0.05) is 13.1 Å². The Morgan fingerprint density at radius 3 is 2.42 bits per heavy atom. The molecule has 2 aromatic rings. The van der Waals surface area contributed by atoms with E-state index in [9.17, 15) is 13.2 Å². The van der Waals surface area contributed by atoms with E-state index in [0.29, 0.717) is 17.1 Å². The van der Waals surface area contributed by atoms with Gasteiger partial charge in [-0.05, 0) is 18.6 Å². The number of hydrogen-bond acceptors (Lipinski definition) is 6. The van der Waals surface area contributed by atoms with Crippen molar-refractivity contribution in [1.29, 1.82) is 0 Å². The molecule has 2 rings (SSSR count). The molecular formula is C16H20N4O3S. The van der Waals surface area contributed by atoms with Crippen LogP contribution in [0.2, 0.25) is 0 Å². The highest BCUT2D eigenvalue weighted by atomic mass is 32.2. The summed E-state index contributed by atoms with van der Waals surface area (Å²) in [7, 11) is -1.88. The molecule has 8 heteroatoms. The number of rotatable bonds is 7. The van der Waals surface area contributed by atoms with Gasteiger partial charge in [0.05, 0.1) is 23.0 Å². The van der Waals surface area contributed by atoms with Crippen molar-refractivity contribution in [2.24, 2.45) is 0 Å². The van der Waals surface area contributed by atoms with Crippen LogP contribution < -0.4 is 10.6 Å². The predicted octanol–water partition coefficient (Wildman–Crippen LogP) is 1.50. The molecule has 0 spiro atoms. The maximum atomic E-state index is 12.4. The molecule has 0 saturated heterocycles. The van der Waals surface area contributed by atoms with Crippen LogP contribution in [0.4, 0.5) is 5.82 Å². The Morgan fingerprint density at radius 2 is 1.88 bits per heavy atom. The van der Waals surface area contributed by atoms with Gasteiger partial charge in [-0.2, -0.15) is 0 Å². The van der Waals surface area contributed by atoms with Crippen molar-refractivity contribution in [2.45, 2.75) is 24.3 Å². The highest BCUT2D eigenvalue weighted by Crippen LogP contribution is 2.14. The molecule has 1 heterocycles. The van der Waals surface area contributed by atoms with Crippen LogP contribution in [-0.4, -0.2) is 43.1 Å². The summed E-state index contributed by atoms with van der Waals surface area (Å²) in [6, 6.07) is 8.03. The van der Waals surface area contributed by atoms with E-state index >= 15 is 0 Å². The van der Waals surface area contributed by atoms with E-state index in [4.69, 9.17) is 0 Å². The molecule has 1 aromatic carbocycles. The van der Waals surface area contributed by atoms with Crippen LogP contribution in [0.15, 0.2) is 47.6 Å². The number of nitrogens with one attached hydrogen (secondary N) is 2. The molecular weight excluding hydrogens is 328 g/mol. The average Bonchev–Trinajstić information content (AvgIpc) is 2.61. The Labute approximate surface area is 141 Å². The standard InChI is InChI=1S/C16H20N4O3S/c1-3-12(11-24(22,23)13-7-5-4-6-8-13)20-15-10-18-14(9-19-15)16(21)17-2/h4-10,12H,3,11H2,1-2H3,(H,17,21)(H,19,20). The summed E-state index contributed by atoms with van der Waals surface area (Å²) in [5.41, 5.74) is 0.202. The number of benzene rings is 1. The van der Waals surface area contributed by atoms with Crippen molar-refractivity contribution in [3.8, 4) is 0 Å². The maximum Gasteiger partial charge on any atom is 0.271 e. The van der Waals surface area contributed by atoms with Gasteiger partial charge in [0.2, 0.25) is 0 Å². The van der Waals surface area contributed by atoms with Gasteiger partial charge in [0.1, 0.15) is 11.5 Å². The lowest BCUT2D eigenvalue weighted by molar-refractivity contribution is 0.0958. The molecule has 7 nitrogen and oxygen atoms in total. The van der Waals surface area contributed by atoms with Crippen LogP contribution in [-0.2, 0) is 9.84 Å². The molecule has 0 aliphatic heterocycles. The van der Waals surface area contributed by atoms with Crippen molar-refractivity contribution >= 4 is 21.6 Å². The Morgan fingerprint density at radius 1 is 1.17 bits per heavy atom. The van der Waals surface area contributed by atoms with Crippen molar-refractivity contribution in [3.05, 3.63) is 48.4 Å². The van der Waals surface area contributed by atoms with Crippen molar-refractivity contribution in [2.75, 3.05) is 18.1 Å². The van der Waals surface area contributed by atoms with Gasteiger partial charge in [-0.1, -0.05) is 25.1 Å². The van der Waals surface area contributed by atoms with Crippen LogP contribution in [0.25, 0.3) is 0 Å². The van der Waals surface area contributed by atoms with E-state index in [1.807, 2.05) is 6.92 Å². The number of aromatic nitrogens is 2. The van der Waals surface area contributed by atoms with Crippen molar-refractivity contribution < 1.29 is 13.2 Å². The van der Waals surface area contributed by atoms with E-state index in [1.54, 1.807) is 30.3 Å². The van der Waals surface area contributed by atoms with E-state index in [-0.39, 0.29) is 23.4 Å². The fraction of sp³-hybridized carbons (Fsp3) is 0.312. The molecule has 0 radical (unpaired) electrons. The maximum absolute atomic E-state index is 12.4. The predicted molar refractivity (Wildman–Crippen MR) is 91.6 cm³/mol. The summed E-state index contributed by atoms with van der Waals surface area (Å²) in [5.74, 6) is 0.0531. The first-order valence-corrected chi connectivity index (χ1v) is 9.20. The lowest BCUT2D eigenvalue weighted by Gasteiger charge is -2.17. The average molecular weight is 348 g/mol. The first-order chi connectivity index (χ1) is 11.5. The smallest absolute Gasteiger partial charge is 0.271 e. The zero-order valence-corrected chi connectivity index (χ0v) is 14.4. The fourth-order valence-corrected chi connectivity index (χ4v) is 3.72. The SMILES string of the molecule is CCC(CS(=O)(=O)c1ccccc1)Nc1cnc(C(=O)NC)cn1. The molecule has 1 amide bonds. The highest BCUT2D eigenvalue weighted by Gasteiger charge is 2.20. The molecule has 128 valence electrons. The summed E-state index contributed by atoms with van der Waals surface area (Å²) in [6.07, 6.45) is 3.37. The van der Waals surface area contributed by atoms with Gasteiger partial charge in [-0.15, -0.1) is 0 Å². The van der Waals surface area contributed by atoms with Crippen LogP contribution in [0.1, 0.15) is 23.8 Å². The van der Waals surface area contributed by atoms with Crippen LogP contribution in [0.5, 0.6) is 0 Å². The van der Waals surface area contributed by atoms with Crippen LogP contribution in [0.3, 0.4) is 0 Å². The van der Waals surface area contributed by atoms with Gasteiger partial charge in [0.25, 0.3) is 5.91 Å². The fourth-order valence-electron chi connectivity index (χ4n) is 2.11. The topological polar surface area (TPSA) is 101 Å². The molecule has 2 N–H and O–H groups in total.